The predicted molar refractivity (Wildman–Crippen MR) is 93.5 cm³/mol. The number of hydrogen-bond acceptors (Lipinski definition) is 6. The first-order valence-corrected chi connectivity index (χ1v) is 7.71. The van der Waals surface area contributed by atoms with Gasteiger partial charge in [0.2, 0.25) is 5.75 Å². The lowest BCUT2D eigenvalue weighted by Crippen LogP contribution is -1.96. The van der Waals surface area contributed by atoms with Crippen LogP contribution in [-0.4, -0.2) is 33.6 Å². The SMILES string of the molecule is COc1ccc(-c2cnoc2-c2cc(OC)c(OC)c(OC)c2)cc1F. The smallest absolute Gasteiger partial charge is 0.203 e. The van der Waals surface area contributed by atoms with Crippen molar-refractivity contribution in [3.05, 3.63) is 42.3 Å². The van der Waals surface area contributed by atoms with Gasteiger partial charge in [-0.2, -0.15) is 0 Å². The molecule has 3 rings (SSSR count). The molecule has 0 aliphatic carbocycles. The van der Waals surface area contributed by atoms with Crippen LogP contribution in [-0.2, 0) is 0 Å². The van der Waals surface area contributed by atoms with Crippen molar-refractivity contribution in [3.63, 3.8) is 0 Å². The average Bonchev–Trinajstić information content (AvgIpc) is 3.16. The molecule has 7 heteroatoms. The van der Waals surface area contributed by atoms with Gasteiger partial charge >= 0.3 is 0 Å². The van der Waals surface area contributed by atoms with Gasteiger partial charge in [-0.1, -0.05) is 11.2 Å². The zero-order valence-electron chi connectivity index (χ0n) is 14.8. The standard InChI is InChI=1S/C19H18FNO5/c1-22-15-6-5-11(7-14(15)20)13-10-21-26-18(13)12-8-16(23-2)19(25-4)17(9-12)24-3/h5-10H,1-4H3. The van der Waals surface area contributed by atoms with Crippen molar-refractivity contribution >= 4 is 0 Å². The Bertz CT molecular complexity index is 897. The van der Waals surface area contributed by atoms with Crippen LogP contribution in [0.2, 0.25) is 0 Å². The summed E-state index contributed by atoms with van der Waals surface area (Å²) in [7, 11) is 6.00. The van der Waals surface area contributed by atoms with E-state index >= 15 is 0 Å². The molecule has 3 aromatic rings. The third kappa shape index (κ3) is 3.03. The summed E-state index contributed by atoms with van der Waals surface area (Å²) in [5, 5.41) is 3.86. The lowest BCUT2D eigenvalue weighted by atomic mass is 10.0. The normalized spacial score (nSPS) is 10.5. The van der Waals surface area contributed by atoms with E-state index in [1.807, 2.05) is 0 Å². The largest absolute Gasteiger partial charge is 0.494 e. The number of aromatic nitrogens is 1. The molecule has 0 fully saturated rings. The summed E-state index contributed by atoms with van der Waals surface area (Å²) in [6, 6.07) is 8.13. The number of nitrogens with zero attached hydrogens (tertiary/aromatic N) is 1. The molecule has 6 nitrogen and oxygen atoms in total. The van der Waals surface area contributed by atoms with E-state index in [0.717, 1.165) is 0 Å². The molecule has 26 heavy (non-hydrogen) atoms. The molecule has 136 valence electrons. The van der Waals surface area contributed by atoms with Crippen LogP contribution < -0.4 is 18.9 Å². The molecule has 0 atom stereocenters. The Hall–Kier alpha value is -3.22. The van der Waals surface area contributed by atoms with Gasteiger partial charge in [0.05, 0.1) is 34.6 Å². The summed E-state index contributed by atoms with van der Waals surface area (Å²) in [6.07, 6.45) is 1.53. The van der Waals surface area contributed by atoms with E-state index in [1.165, 1.54) is 40.7 Å². The maximum atomic E-state index is 14.1. The zero-order chi connectivity index (χ0) is 18.7. The minimum atomic E-state index is -0.470. The number of benzene rings is 2. The Balaban J connectivity index is 2.13. The number of rotatable bonds is 6. The number of hydrogen-bond donors (Lipinski definition) is 0. The van der Waals surface area contributed by atoms with Crippen molar-refractivity contribution in [1.29, 1.82) is 0 Å². The van der Waals surface area contributed by atoms with Gasteiger partial charge in [-0.15, -0.1) is 0 Å². The van der Waals surface area contributed by atoms with Gasteiger partial charge in [-0.05, 0) is 29.8 Å². The summed E-state index contributed by atoms with van der Waals surface area (Å²) in [5.41, 5.74) is 1.89. The Kier molecular flexibility index (Phi) is 4.97. The molecule has 0 saturated heterocycles. The Labute approximate surface area is 150 Å². The lowest BCUT2D eigenvalue weighted by molar-refractivity contribution is 0.324. The van der Waals surface area contributed by atoms with Crippen LogP contribution in [0.25, 0.3) is 22.5 Å². The number of halogens is 1. The second-order valence-electron chi connectivity index (χ2n) is 5.33. The minimum absolute atomic E-state index is 0.166. The fourth-order valence-corrected chi connectivity index (χ4v) is 2.70. The Morgan fingerprint density at radius 3 is 2.00 bits per heavy atom. The van der Waals surface area contributed by atoms with Gasteiger partial charge in [0.25, 0.3) is 0 Å². The van der Waals surface area contributed by atoms with Crippen molar-refractivity contribution < 1.29 is 27.9 Å². The molecule has 0 saturated carbocycles. The Morgan fingerprint density at radius 1 is 0.808 bits per heavy atom. The molecule has 1 heterocycles. The van der Waals surface area contributed by atoms with Crippen LogP contribution in [0.1, 0.15) is 0 Å². The van der Waals surface area contributed by atoms with E-state index in [1.54, 1.807) is 24.3 Å². The van der Waals surface area contributed by atoms with Gasteiger partial charge in [-0.3, -0.25) is 0 Å². The van der Waals surface area contributed by atoms with E-state index in [-0.39, 0.29) is 5.75 Å². The monoisotopic (exact) mass is 359 g/mol. The third-order valence-corrected chi connectivity index (χ3v) is 3.96. The average molecular weight is 359 g/mol. The van der Waals surface area contributed by atoms with Crippen LogP contribution in [0.4, 0.5) is 4.39 Å². The summed E-state index contributed by atoms with van der Waals surface area (Å²) >= 11 is 0. The molecular formula is C19H18FNO5. The van der Waals surface area contributed by atoms with Crippen LogP contribution in [0, 0.1) is 5.82 Å². The summed E-state index contributed by atoms with van der Waals surface area (Å²) < 4.78 is 40.5. The molecular weight excluding hydrogens is 341 g/mol. The second kappa shape index (κ2) is 7.35. The van der Waals surface area contributed by atoms with Gasteiger partial charge in [0, 0.05) is 11.1 Å². The third-order valence-electron chi connectivity index (χ3n) is 3.96. The van der Waals surface area contributed by atoms with Gasteiger partial charge in [0.1, 0.15) is 0 Å². The topological polar surface area (TPSA) is 63.0 Å². The fourth-order valence-electron chi connectivity index (χ4n) is 2.70. The molecule has 0 aliphatic rings. The van der Waals surface area contributed by atoms with Gasteiger partial charge in [-0.25, -0.2) is 4.39 Å². The molecule has 0 unspecified atom stereocenters. The lowest BCUT2D eigenvalue weighted by Gasteiger charge is -2.13. The first-order valence-electron chi connectivity index (χ1n) is 7.71. The van der Waals surface area contributed by atoms with Crippen LogP contribution in [0.5, 0.6) is 23.0 Å². The zero-order valence-corrected chi connectivity index (χ0v) is 14.8. The molecule has 0 bridgehead atoms. The number of ether oxygens (including phenoxy) is 4. The molecule has 0 amide bonds. The maximum Gasteiger partial charge on any atom is 0.203 e. The highest BCUT2D eigenvalue weighted by atomic mass is 19.1. The van der Waals surface area contributed by atoms with Crippen molar-refractivity contribution in [2.24, 2.45) is 0 Å². The van der Waals surface area contributed by atoms with E-state index in [0.29, 0.717) is 39.7 Å². The van der Waals surface area contributed by atoms with Crippen LogP contribution in [0.3, 0.4) is 0 Å². The quantitative estimate of drug-likeness (QED) is 0.658. The van der Waals surface area contributed by atoms with Crippen LogP contribution >= 0.6 is 0 Å². The highest BCUT2D eigenvalue weighted by molar-refractivity contribution is 5.81. The highest BCUT2D eigenvalue weighted by Gasteiger charge is 2.20. The fraction of sp³-hybridized carbons (Fsp3) is 0.211. The predicted octanol–water partition coefficient (Wildman–Crippen LogP) is 4.18. The van der Waals surface area contributed by atoms with Crippen molar-refractivity contribution in [3.8, 4) is 45.4 Å². The molecule has 2 aromatic carbocycles. The first-order chi connectivity index (χ1) is 12.6. The van der Waals surface area contributed by atoms with Crippen molar-refractivity contribution in [2.45, 2.75) is 0 Å². The minimum Gasteiger partial charge on any atom is -0.494 e. The van der Waals surface area contributed by atoms with E-state index in [4.69, 9.17) is 23.5 Å². The molecule has 0 radical (unpaired) electrons. The van der Waals surface area contributed by atoms with Gasteiger partial charge < -0.3 is 23.5 Å². The molecule has 0 spiro atoms. The second-order valence-corrected chi connectivity index (χ2v) is 5.33. The molecule has 1 aromatic heterocycles. The summed E-state index contributed by atoms with van der Waals surface area (Å²) in [5.74, 6) is 1.57. The Morgan fingerprint density at radius 2 is 1.46 bits per heavy atom. The highest BCUT2D eigenvalue weighted by Crippen LogP contribution is 2.43. The first kappa shape index (κ1) is 17.6. The molecule has 0 N–H and O–H groups in total. The summed E-state index contributed by atoms with van der Waals surface area (Å²) in [4.78, 5) is 0. The molecule has 0 aliphatic heterocycles. The van der Waals surface area contributed by atoms with Crippen LogP contribution in [0.15, 0.2) is 41.1 Å². The maximum absolute atomic E-state index is 14.1. The number of methoxy groups -OCH3 is 4. The van der Waals surface area contributed by atoms with Crippen molar-refractivity contribution in [1.82, 2.24) is 5.16 Å². The van der Waals surface area contributed by atoms with E-state index < -0.39 is 5.82 Å². The van der Waals surface area contributed by atoms with Gasteiger partial charge in [0.15, 0.2) is 28.8 Å². The van der Waals surface area contributed by atoms with E-state index in [2.05, 4.69) is 5.16 Å². The van der Waals surface area contributed by atoms with E-state index in [9.17, 15) is 4.39 Å². The van der Waals surface area contributed by atoms with Crippen molar-refractivity contribution in [2.75, 3.05) is 28.4 Å². The summed E-state index contributed by atoms with van der Waals surface area (Å²) in [6.45, 7) is 0.